The van der Waals surface area contributed by atoms with Gasteiger partial charge in [-0.2, -0.15) is 0 Å². The Balaban J connectivity index is 1.18. The zero-order valence-corrected chi connectivity index (χ0v) is 17.0. The van der Waals surface area contributed by atoms with E-state index >= 15 is 0 Å². The van der Waals surface area contributed by atoms with Crippen molar-refractivity contribution in [3.63, 3.8) is 0 Å². The van der Waals surface area contributed by atoms with Crippen LogP contribution < -0.4 is 4.74 Å². The molecule has 0 unspecified atom stereocenters. The van der Waals surface area contributed by atoms with Gasteiger partial charge >= 0.3 is 0 Å². The minimum atomic E-state index is -0.0502. The molecular weight excluding hydrogens is 370 g/mol. The largest absolute Gasteiger partial charge is 0.492 e. The summed E-state index contributed by atoms with van der Waals surface area (Å²) in [5.74, 6) is 0.789. The number of hydrogen-bond donors (Lipinski definition) is 1. The van der Waals surface area contributed by atoms with E-state index in [9.17, 15) is 5.11 Å². The first-order chi connectivity index (χ1) is 13.6. The number of benzene rings is 2. The Hall–Kier alpha value is -1.55. The zero-order valence-electron chi connectivity index (χ0n) is 16.3. The van der Waals surface area contributed by atoms with E-state index in [1.807, 2.05) is 12.1 Å². The van der Waals surface area contributed by atoms with Crippen molar-refractivity contribution >= 4 is 11.6 Å². The first kappa shape index (κ1) is 18.5. The average molecular weight is 398 g/mol. The van der Waals surface area contributed by atoms with E-state index in [4.69, 9.17) is 16.3 Å². The molecule has 0 aromatic heterocycles. The summed E-state index contributed by atoms with van der Waals surface area (Å²) in [4.78, 5) is 2.47. The Labute approximate surface area is 172 Å². The Morgan fingerprint density at radius 3 is 2.68 bits per heavy atom. The lowest BCUT2D eigenvalue weighted by molar-refractivity contribution is -0.128. The first-order valence-corrected chi connectivity index (χ1v) is 10.9. The molecule has 1 saturated carbocycles. The number of likely N-dealkylation sites (tertiary alicyclic amines) is 1. The second-order valence-corrected chi connectivity index (χ2v) is 9.27. The summed E-state index contributed by atoms with van der Waals surface area (Å²) in [5, 5.41) is 10.2. The van der Waals surface area contributed by atoms with Gasteiger partial charge in [-0.25, -0.2) is 0 Å². The highest BCUT2D eigenvalue weighted by atomic mass is 35.5. The summed E-state index contributed by atoms with van der Waals surface area (Å²) in [6.07, 6.45) is 6.48. The molecule has 2 fully saturated rings. The van der Waals surface area contributed by atoms with Crippen LogP contribution in [0.4, 0.5) is 0 Å². The van der Waals surface area contributed by atoms with Crippen molar-refractivity contribution in [1.29, 1.82) is 0 Å². The third-order valence-electron chi connectivity index (χ3n) is 6.73. The molecule has 1 spiro atoms. The number of hydrogen-bond acceptors (Lipinski definition) is 3. The van der Waals surface area contributed by atoms with Crippen LogP contribution in [0, 0.1) is 5.41 Å². The quantitative estimate of drug-likeness (QED) is 0.716. The Morgan fingerprint density at radius 1 is 1.07 bits per heavy atom. The topological polar surface area (TPSA) is 32.7 Å². The van der Waals surface area contributed by atoms with Crippen molar-refractivity contribution in [3.05, 3.63) is 52.5 Å². The Bertz CT molecular complexity index is 867. The van der Waals surface area contributed by atoms with Gasteiger partial charge < -0.3 is 14.7 Å². The van der Waals surface area contributed by atoms with Crippen molar-refractivity contribution in [2.45, 2.75) is 44.6 Å². The van der Waals surface area contributed by atoms with E-state index in [-0.39, 0.29) is 6.10 Å². The van der Waals surface area contributed by atoms with Crippen LogP contribution in [-0.4, -0.2) is 42.4 Å². The summed E-state index contributed by atoms with van der Waals surface area (Å²) in [6, 6.07) is 12.7. The second-order valence-electron chi connectivity index (χ2n) is 8.89. The highest BCUT2D eigenvalue weighted by Gasteiger charge is 2.51. The number of nitrogens with zero attached hydrogens (tertiary/aromatic N) is 1. The molecule has 2 aliphatic carbocycles. The minimum Gasteiger partial charge on any atom is -0.492 e. The minimum absolute atomic E-state index is 0.0502. The Kier molecular flexibility index (Phi) is 4.86. The maximum Gasteiger partial charge on any atom is 0.138 e. The van der Waals surface area contributed by atoms with E-state index in [0.29, 0.717) is 12.0 Å². The molecule has 0 bridgehead atoms. The fourth-order valence-electron chi connectivity index (χ4n) is 5.43. The van der Waals surface area contributed by atoms with Crippen molar-refractivity contribution in [3.8, 4) is 16.9 Å². The molecule has 28 heavy (non-hydrogen) atoms. The van der Waals surface area contributed by atoms with Crippen molar-refractivity contribution < 1.29 is 9.84 Å². The summed E-state index contributed by atoms with van der Waals surface area (Å²) in [7, 11) is 0. The highest BCUT2D eigenvalue weighted by molar-refractivity contribution is 6.34. The van der Waals surface area contributed by atoms with Crippen LogP contribution >= 0.6 is 11.6 Å². The highest BCUT2D eigenvalue weighted by Crippen LogP contribution is 2.48. The third kappa shape index (κ3) is 3.34. The molecule has 1 saturated heterocycles. The summed E-state index contributed by atoms with van der Waals surface area (Å²) >= 11 is 6.74. The third-order valence-corrected chi connectivity index (χ3v) is 7.12. The van der Waals surface area contributed by atoms with Crippen LogP contribution in [0.25, 0.3) is 11.1 Å². The molecule has 2 aromatic carbocycles. The summed E-state index contributed by atoms with van der Waals surface area (Å²) < 4.78 is 6.05. The molecule has 2 aromatic rings. The smallest absolute Gasteiger partial charge is 0.138 e. The zero-order chi connectivity index (χ0) is 19.1. The average Bonchev–Trinajstić information content (AvgIpc) is 3.12. The van der Waals surface area contributed by atoms with E-state index in [0.717, 1.165) is 61.7 Å². The van der Waals surface area contributed by atoms with Gasteiger partial charge in [0.15, 0.2) is 0 Å². The SMILES string of the molecule is OC1CC2(C1)CN(CCCOc1cccc(-c3cccc4c3CCC4)c1Cl)C2. The molecule has 3 aliphatic rings. The summed E-state index contributed by atoms with van der Waals surface area (Å²) in [5.41, 5.74) is 5.71. The standard InChI is InChI=1S/C24H28ClNO2/c25-23-21(20-8-2-6-17-5-1-7-19(17)20)9-3-10-22(23)28-12-4-11-26-15-24(16-26)13-18(27)14-24/h2-3,6,8-10,18,27H,1,4-5,7,11-16H2. The number of aryl methyl sites for hydroxylation is 1. The van der Waals surface area contributed by atoms with Gasteiger partial charge in [0.1, 0.15) is 5.75 Å². The monoisotopic (exact) mass is 397 g/mol. The van der Waals surface area contributed by atoms with Crippen LogP contribution in [0.2, 0.25) is 5.02 Å². The molecule has 1 aliphatic heterocycles. The lowest BCUT2D eigenvalue weighted by Crippen LogP contribution is -2.63. The fourth-order valence-corrected chi connectivity index (χ4v) is 5.71. The first-order valence-electron chi connectivity index (χ1n) is 10.6. The number of aliphatic hydroxyl groups excluding tert-OH is 1. The molecule has 0 radical (unpaired) electrons. The van der Waals surface area contributed by atoms with Crippen LogP contribution in [0.15, 0.2) is 36.4 Å². The number of rotatable bonds is 6. The van der Waals surface area contributed by atoms with Crippen molar-refractivity contribution in [1.82, 2.24) is 4.90 Å². The molecule has 5 rings (SSSR count). The van der Waals surface area contributed by atoms with Crippen LogP contribution in [0.1, 0.15) is 36.8 Å². The molecule has 1 N–H and O–H groups in total. The van der Waals surface area contributed by atoms with Crippen molar-refractivity contribution in [2.75, 3.05) is 26.2 Å². The Morgan fingerprint density at radius 2 is 1.86 bits per heavy atom. The van der Waals surface area contributed by atoms with Gasteiger partial charge in [0.05, 0.1) is 17.7 Å². The molecule has 1 heterocycles. The number of halogens is 1. The van der Waals surface area contributed by atoms with Gasteiger partial charge in [-0.15, -0.1) is 0 Å². The van der Waals surface area contributed by atoms with E-state index < -0.39 is 0 Å². The molecule has 0 amide bonds. The van der Waals surface area contributed by atoms with Gasteiger partial charge in [0, 0.05) is 30.6 Å². The lowest BCUT2D eigenvalue weighted by atomic mass is 9.62. The van der Waals surface area contributed by atoms with Gasteiger partial charge in [-0.3, -0.25) is 0 Å². The van der Waals surface area contributed by atoms with Gasteiger partial charge in [0.25, 0.3) is 0 Å². The van der Waals surface area contributed by atoms with Gasteiger partial charge in [-0.1, -0.05) is 41.9 Å². The maximum absolute atomic E-state index is 9.51. The van der Waals surface area contributed by atoms with E-state index in [2.05, 4.69) is 29.2 Å². The maximum atomic E-state index is 9.51. The van der Waals surface area contributed by atoms with Crippen LogP contribution in [0.3, 0.4) is 0 Å². The van der Waals surface area contributed by atoms with E-state index in [1.54, 1.807) is 0 Å². The molecule has 148 valence electrons. The summed E-state index contributed by atoms with van der Waals surface area (Å²) in [6.45, 7) is 4.02. The van der Waals surface area contributed by atoms with Gasteiger partial charge in [0.2, 0.25) is 0 Å². The van der Waals surface area contributed by atoms with Crippen LogP contribution in [-0.2, 0) is 12.8 Å². The second kappa shape index (κ2) is 7.37. The molecule has 0 atom stereocenters. The fraction of sp³-hybridized carbons (Fsp3) is 0.500. The number of aliphatic hydroxyl groups is 1. The van der Waals surface area contributed by atoms with Crippen LogP contribution in [0.5, 0.6) is 5.75 Å². The van der Waals surface area contributed by atoms with Crippen molar-refractivity contribution in [2.24, 2.45) is 5.41 Å². The van der Waals surface area contributed by atoms with Gasteiger partial charge in [-0.05, 0) is 61.3 Å². The number of fused-ring (bicyclic) bond motifs is 1. The molecular formula is C24H28ClNO2. The molecule has 3 nitrogen and oxygen atoms in total. The normalized spacial score (nSPS) is 20.6. The predicted octanol–water partition coefficient (Wildman–Crippen LogP) is 4.72. The number of ether oxygens (including phenoxy) is 1. The predicted molar refractivity (Wildman–Crippen MR) is 113 cm³/mol. The van der Waals surface area contributed by atoms with E-state index in [1.165, 1.54) is 29.5 Å². The lowest BCUT2D eigenvalue weighted by Gasteiger charge is -2.58. The molecule has 4 heteroatoms.